The largest absolute Gasteiger partial charge is 3.00 e. The molecule has 0 aliphatic rings. The molecular weight excluding hydrogens is 105 g/mol. The zero-order chi connectivity index (χ0) is 3.58. The second kappa shape index (κ2) is 8.83. The van der Waals surface area contributed by atoms with Gasteiger partial charge in [0.15, 0.2) is 0 Å². The first-order chi connectivity index (χ1) is 1.73. The van der Waals surface area contributed by atoms with Crippen LogP contribution in [-0.2, 0) is 5.48 Å². The third-order valence-corrected chi connectivity index (χ3v) is 0. The summed E-state index contributed by atoms with van der Waals surface area (Å²) in [4.78, 5) is 8.25. The predicted molar refractivity (Wildman–Crippen MR) is 16.8 cm³/mol. The molecule has 0 aliphatic heterocycles. The molecule has 0 aromatic carbocycles. The van der Waals surface area contributed by atoms with Crippen molar-refractivity contribution < 1.29 is 10.6 Å². The first-order valence-corrected chi connectivity index (χ1v) is 0.548. The molecule has 0 spiro atoms. The number of rotatable bonds is 0. The van der Waals surface area contributed by atoms with Crippen molar-refractivity contribution in [3.8, 4) is 0 Å². The molecule has 0 aliphatic carbocycles. The third kappa shape index (κ3) is 283. The van der Waals surface area contributed by atoms with E-state index in [1.165, 1.54) is 0 Å². The molecule has 0 bridgehead atoms. The smallest absolute Gasteiger partial charge is 2.00 e. The quantitative estimate of drug-likeness (QED) is 0.230. The van der Waals surface area contributed by atoms with Gasteiger partial charge in [-0.15, -0.1) is 0 Å². The van der Waals surface area contributed by atoms with Gasteiger partial charge in [-0.1, -0.05) is 0 Å². The molecule has 0 saturated heterocycles. The standard InChI is InChI=1S/Al.NO3.O/c;2-1(3)4;/q+3;-1;-2. The maximum atomic E-state index is 8.25. The molecule has 0 aromatic heterocycles. The summed E-state index contributed by atoms with van der Waals surface area (Å²) in [7, 11) is 0. The summed E-state index contributed by atoms with van der Waals surface area (Å²) in [5.74, 6) is 0. The molecule has 0 aromatic rings. The van der Waals surface area contributed by atoms with Crippen molar-refractivity contribution in [2.24, 2.45) is 0 Å². The fraction of sp³-hybridized carbons (Fsp3) is 0. The van der Waals surface area contributed by atoms with E-state index in [0.29, 0.717) is 0 Å². The van der Waals surface area contributed by atoms with Gasteiger partial charge in [0.05, 0.1) is 5.09 Å². The summed E-state index contributed by atoms with van der Waals surface area (Å²) in [6.45, 7) is 0. The van der Waals surface area contributed by atoms with Crippen molar-refractivity contribution in [2.75, 3.05) is 0 Å². The Balaban J connectivity index is -0.0000000450. The van der Waals surface area contributed by atoms with Crippen LogP contribution in [-0.4, -0.2) is 22.4 Å². The molecule has 32 valence electrons. The Morgan fingerprint density at radius 1 is 1.33 bits per heavy atom. The van der Waals surface area contributed by atoms with Gasteiger partial charge < -0.3 is 20.8 Å². The van der Waals surface area contributed by atoms with E-state index in [4.69, 9.17) is 15.3 Å². The maximum Gasteiger partial charge on any atom is 3.00 e. The van der Waals surface area contributed by atoms with E-state index in [9.17, 15) is 0 Å². The Labute approximate surface area is 44.1 Å². The van der Waals surface area contributed by atoms with E-state index in [-0.39, 0.29) is 22.8 Å². The van der Waals surface area contributed by atoms with E-state index in [1.54, 1.807) is 0 Å². The Morgan fingerprint density at radius 3 is 1.33 bits per heavy atom. The fourth-order valence-electron chi connectivity index (χ4n) is 0. The summed E-state index contributed by atoms with van der Waals surface area (Å²) in [5, 5.41) is 14.8. The summed E-state index contributed by atoms with van der Waals surface area (Å²) >= 11 is 0. The molecule has 0 rings (SSSR count). The van der Waals surface area contributed by atoms with Crippen molar-refractivity contribution in [3.63, 3.8) is 0 Å². The van der Waals surface area contributed by atoms with Crippen LogP contribution in [0.15, 0.2) is 0 Å². The molecule has 0 atom stereocenters. The zero-order valence-electron chi connectivity index (χ0n) is 2.66. The summed E-state index contributed by atoms with van der Waals surface area (Å²) < 4.78 is 0. The molecule has 0 heterocycles. The Hall–Kier alpha value is -0.308. The van der Waals surface area contributed by atoms with Crippen LogP contribution in [0, 0.1) is 15.3 Å². The van der Waals surface area contributed by atoms with Crippen LogP contribution in [0.2, 0.25) is 0 Å². The normalized spacial score (nSPS) is 4.00. The molecule has 0 fully saturated rings. The van der Waals surface area contributed by atoms with Crippen LogP contribution in [0.1, 0.15) is 0 Å². The van der Waals surface area contributed by atoms with E-state index >= 15 is 0 Å². The third-order valence-electron chi connectivity index (χ3n) is 0. The van der Waals surface area contributed by atoms with Crippen LogP contribution in [0.25, 0.3) is 0 Å². The minimum Gasteiger partial charge on any atom is -2.00 e. The molecule has 0 saturated carbocycles. The minimum atomic E-state index is -1.75. The Bertz CT molecular complexity index is 30.5. The topological polar surface area (TPSA) is 94.7 Å². The van der Waals surface area contributed by atoms with Gasteiger partial charge in [-0.05, 0) is 0 Å². The van der Waals surface area contributed by atoms with Gasteiger partial charge in [0, 0.05) is 0 Å². The van der Waals surface area contributed by atoms with Crippen LogP contribution in [0.5, 0.6) is 0 Å². The van der Waals surface area contributed by atoms with Crippen molar-refractivity contribution in [1.29, 1.82) is 0 Å². The Kier molecular flexibility index (Phi) is 25.4. The number of hydrogen-bond acceptors (Lipinski definition) is 3. The van der Waals surface area contributed by atoms with E-state index < -0.39 is 5.09 Å². The molecular formula is AlNO4. The average molecular weight is 105 g/mol. The average Bonchev–Trinajstić information content (AvgIpc) is 0.811. The van der Waals surface area contributed by atoms with Gasteiger partial charge >= 0.3 is 17.4 Å². The first kappa shape index (κ1) is 17.3. The fourth-order valence-corrected chi connectivity index (χ4v) is 0. The van der Waals surface area contributed by atoms with Crippen molar-refractivity contribution in [2.45, 2.75) is 0 Å². The molecule has 6 heavy (non-hydrogen) atoms. The number of hydrogen-bond donors (Lipinski definition) is 0. The molecule has 6 heteroatoms. The Morgan fingerprint density at radius 2 is 1.33 bits per heavy atom. The van der Waals surface area contributed by atoms with Crippen molar-refractivity contribution >= 4 is 17.4 Å². The summed E-state index contributed by atoms with van der Waals surface area (Å²) in [6.07, 6.45) is 0. The summed E-state index contributed by atoms with van der Waals surface area (Å²) in [6, 6.07) is 0. The van der Waals surface area contributed by atoms with Gasteiger partial charge in [-0.3, -0.25) is 0 Å². The van der Waals surface area contributed by atoms with Crippen LogP contribution in [0.3, 0.4) is 0 Å². The van der Waals surface area contributed by atoms with Crippen molar-refractivity contribution in [1.82, 2.24) is 0 Å². The van der Waals surface area contributed by atoms with Gasteiger partial charge in [-0.2, -0.15) is 0 Å². The zero-order valence-corrected chi connectivity index (χ0v) is 3.81. The van der Waals surface area contributed by atoms with Gasteiger partial charge in [-0.25, -0.2) is 0 Å². The monoisotopic (exact) mass is 105 g/mol. The van der Waals surface area contributed by atoms with E-state index in [2.05, 4.69) is 0 Å². The minimum absolute atomic E-state index is 0. The summed E-state index contributed by atoms with van der Waals surface area (Å²) in [5.41, 5.74) is 0. The first-order valence-electron chi connectivity index (χ1n) is 0.548. The second-order valence-electron chi connectivity index (χ2n) is 0.224. The molecule has 5 nitrogen and oxygen atoms in total. The van der Waals surface area contributed by atoms with Crippen LogP contribution >= 0.6 is 0 Å². The SMILES string of the molecule is O=[N+]([O-])[O-].[Al+3].[O-2]. The predicted octanol–water partition coefficient (Wildman–Crippen LogP) is -0.739. The second-order valence-corrected chi connectivity index (χ2v) is 0.224. The van der Waals surface area contributed by atoms with Gasteiger partial charge in [0.2, 0.25) is 0 Å². The van der Waals surface area contributed by atoms with E-state index in [0.717, 1.165) is 0 Å². The number of nitrogens with zero attached hydrogens (tertiary/aromatic N) is 1. The maximum absolute atomic E-state index is 8.25. The molecule has 0 unspecified atom stereocenters. The van der Waals surface area contributed by atoms with Gasteiger partial charge in [0.1, 0.15) is 0 Å². The van der Waals surface area contributed by atoms with E-state index in [1.807, 2.05) is 0 Å². The van der Waals surface area contributed by atoms with Crippen LogP contribution < -0.4 is 0 Å². The van der Waals surface area contributed by atoms with Crippen LogP contribution in [0.4, 0.5) is 0 Å². The molecule has 0 amide bonds. The molecule has 0 N–H and O–H groups in total. The van der Waals surface area contributed by atoms with Crippen molar-refractivity contribution in [3.05, 3.63) is 15.3 Å². The molecule has 0 radical (unpaired) electrons. The van der Waals surface area contributed by atoms with Gasteiger partial charge in [0.25, 0.3) is 0 Å².